The number of anilines is 2. The highest BCUT2D eigenvalue weighted by Gasteiger charge is 2.22. The Bertz CT molecular complexity index is 776. The summed E-state index contributed by atoms with van der Waals surface area (Å²) in [7, 11) is 0. The summed E-state index contributed by atoms with van der Waals surface area (Å²) in [6.07, 6.45) is 8.29. The van der Waals surface area contributed by atoms with Crippen molar-refractivity contribution in [3.8, 4) is 5.75 Å². The van der Waals surface area contributed by atoms with Gasteiger partial charge in [0.05, 0.1) is 29.2 Å². The van der Waals surface area contributed by atoms with E-state index in [1.54, 1.807) is 6.20 Å². The van der Waals surface area contributed by atoms with Crippen molar-refractivity contribution in [3.05, 3.63) is 48.3 Å². The molecule has 144 valence electrons. The number of pyridine rings is 1. The Morgan fingerprint density at radius 1 is 1.30 bits per heavy atom. The summed E-state index contributed by atoms with van der Waals surface area (Å²) in [5, 5.41) is 2.97. The maximum Gasteiger partial charge on any atom is 0.257 e. The van der Waals surface area contributed by atoms with Crippen molar-refractivity contribution in [1.29, 1.82) is 0 Å². The zero-order chi connectivity index (χ0) is 19.2. The van der Waals surface area contributed by atoms with Crippen LogP contribution < -0.4 is 15.0 Å². The van der Waals surface area contributed by atoms with Gasteiger partial charge in [-0.05, 0) is 57.7 Å². The number of carbonyl (C=O) groups excluding carboxylic acids is 1. The van der Waals surface area contributed by atoms with Crippen LogP contribution in [0.1, 0.15) is 56.8 Å². The van der Waals surface area contributed by atoms with Crippen molar-refractivity contribution < 1.29 is 9.53 Å². The summed E-state index contributed by atoms with van der Waals surface area (Å²) in [6.45, 7) is 7.18. The minimum Gasteiger partial charge on any atom is -0.489 e. The van der Waals surface area contributed by atoms with Crippen LogP contribution in [0.3, 0.4) is 0 Å². The van der Waals surface area contributed by atoms with Crippen LogP contribution in [0, 0.1) is 0 Å². The quantitative estimate of drug-likeness (QED) is 0.790. The number of para-hydroxylation sites is 2. The van der Waals surface area contributed by atoms with E-state index in [1.165, 1.54) is 19.3 Å². The Balaban J connectivity index is 1.78. The molecule has 0 bridgehead atoms. The number of ether oxygens (including phenoxy) is 1. The number of nitrogens with one attached hydrogen (secondary N) is 1. The van der Waals surface area contributed by atoms with Crippen molar-refractivity contribution >= 4 is 17.3 Å². The largest absolute Gasteiger partial charge is 0.489 e. The summed E-state index contributed by atoms with van der Waals surface area (Å²) in [5.41, 5.74) is 2.26. The molecule has 1 N–H and O–H groups in total. The first-order valence-electron chi connectivity index (χ1n) is 9.87. The molecule has 3 rings (SSSR count). The maximum atomic E-state index is 12.8. The zero-order valence-electron chi connectivity index (χ0n) is 16.4. The van der Waals surface area contributed by atoms with E-state index in [1.807, 2.05) is 50.4 Å². The van der Waals surface area contributed by atoms with Crippen LogP contribution in [-0.4, -0.2) is 29.6 Å². The van der Waals surface area contributed by atoms with Gasteiger partial charge in [-0.25, -0.2) is 0 Å². The molecule has 1 aromatic heterocycles. The van der Waals surface area contributed by atoms with Crippen LogP contribution >= 0.6 is 0 Å². The lowest BCUT2D eigenvalue weighted by Gasteiger charge is -2.37. The molecule has 0 spiro atoms. The Morgan fingerprint density at radius 2 is 2.11 bits per heavy atom. The van der Waals surface area contributed by atoms with Gasteiger partial charge in [0.15, 0.2) is 0 Å². The predicted octanol–water partition coefficient (Wildman–Crippen LogP) is 4.89. The summed E-state index contributed by atoms with van der Waals surface area (Å²) in [5.74, 6) is 0.501. The van der Waals surface area contributed by atoms with E-state index in [-0.39, 0.29) is 12.0 Å². The number of piperidine rings is 1. The number of rotatable bonds is 6. The van der Waals surface area contributed by atoms with Crippen LogP contribution in [0.5, 0.6) is 5.75 Å². The van der Waals surface area contributed by atoms with Gasteiger partial charge in [-0.2, -0.15) is 0 Å². The first kappa shape index (κ1) is 19.2. The number of hydrogen-bond donors (Lipinski definition) is 1. The average Bonchev–Trinajstić information content (AvgIpc) is 2.69. The van der Waals surface area contributed by atoms with Gasteiger partial charge in [0.2, 0.25) is 0 Å². The molecule has 1 atom stereocenters. The molecular weight excluding hydrogens is 338 g/mol. The first-order valence-corrected chi connectivity index (χ1v) is 9.87. The van der Waals surface area contributed by atoms with Gasteiger partial charge in [0.25, 0.3) is 5.91 Å². The molecule has 1 aliphatic heterocycles. The number of nitrogens with zero attached hydrogens (tertiary/aromatic N) is 2. The molecule has 1 saturated heterocycles. The molecule has 1 amide bonds. The minimum absolute atomic E-state index is 0.0399. The smallest absolute Gasteiger partial charge is 0.257 e. The SMILES string of the molecule is CCC1CCCCN1c1cncc(C(=O)Nc2ccccc2OC(C)C)c1. The molecule has 27 heavy (non-hydrogen) atoms. The molecule has 1 aromatic carbocycles. The average molecular weight is 367 g/mol. The molecule has 2 heterocycles. The van der Waals surface area contributed by atoms with E-state index < -0.39 is 0 Å². The van der Waals surface area contributed by atoms with E-state index in [2.05, 4.69) is 22.1 Å². The van der Waals surface area contributed by atoms with Crippen molar-refractivity contribution in [2.45, 2.75) is 58.6 Å². The molecule has 1 unspecified atom stereocenters. The zero-order valence-corrected chi connectivity index (χ0v) is 16.4. The third-order valence-electron chi connectivity index (χ3n) is 4.91. The summed E-state index contributed by atoms with van der Waals surface area (Å²) in [4.78, 5) is 19.5. The first-order chi connectivity index (χ1) is 13.1. The second kappa shape index (κ2) is 8.89. The minimum atomic E-state index is -0.172. The molecule has 0 aliphatic carbocycles. The Labute approximate surface area is 161 Å². The van der Waals surface area contributed by atoms with Gasteiger partial charge in [-0.1, -0.05) is 19.1 Å². The highest BCUT2D eigenvalue weighted by Crippen LogP contribution is 2.28. The molecule has 0 radical (unpaired) electrons. The van der Waals surface area contributed by atoms with E-state index >= 15 is 0 Å². The number of aromatic nitrogens is 1. The van der Waals surface area contributed by atoms with Crippen LogP contribution in [0.2, 0.25) is 0 Å². The third kappa shape index (κ3) is 4.79. The van der Waals surface area contributed by atoms with Crippen molar-refractivity contribution in [1.82, 2.24) is 4.98 Å². The third-order valence-corrected chi connectivity index (χ3v) is 4.91. The van der Waals surface area contributed by atoms with Gasteiger partial charge >= 0.3 is 0 Å². The Kier molecular flexibility index (Phi) is 6.32. The van der Waals surface area contributed by atoms with Crippen LogP contribution in [0.4, 0.5) is 11.4 Å². The number of carbonyl (C=O) groups is 1. The topological polar surface area (TPSA) is 54.5 Å². The standard InChI is InChI=1S/C22H29N3O2/c1-4-18-9-7-8-12-25(18)19-13-17(14-23-15-19)22(26)24-20-10-5-6-11-21(20)27-16(2)3/h5-6,10-11,13-16,18H,4,7-9,12H2,1-3H3,(H,24,26). The van der Waals surface area contributed by atoms with Crippen molar-refractivity contribution in [2.75, 3.05) is 16.8 Å². The Hall–Kier alpha value is -2.56. The van der Waals surface area contributed by atoms with Gasteiger partial charge in [0, 0.05) is 18.8 Å². The lowest BCUT2D eigenvalue weighted by atomic mass is 9.99. The maximum absolute atomic E-state index is 12.8. The van der Waals surface area contributed by atoms with E-state index in [4.69, 9.17) is 4.74 Å². The van der Waals surface area contributed by atoms with Gasteiger partial charge < -0.3 is 15.0 Å². The van der Waals surface area contributed by atoms with Gasteiger partial charge in [-0.15, -0.1) is 0 Å². The molecule has 1 fully saturated rings. The van der Waals surface area contributed by atoms with E-state index in [0.717, 1.165) is 18.7 Å². The van der Waals surface area contributed by atoms with Gasteiger partial charge in [-0.3, -0.25) is 9.78 Å². The number of benzene rings is 1. The van der Waals surface area contributed by atoms with Crippen LogP contribution in [0.25, 0.3) is 0 Å². The number of amides is 1. The fraction of sp³-hybridized carbons (Fsp3) is 0.455. The Morgan fingerprint density at radius 3 is 2.89 bits per heavy atom. The number of hydrogen-bond acceptors (Lipinski definition) is 4. The highest BCUT2D eigenvalue weighted by molar-refractivity contribution is 6.05. The lowest BCUT2D eigenvalue weighted by Crippen LogP contribution is -2.39. The van der Waals surface area contributed by atoms with Crippen LogP contribution in [-0.2, 0) is 0 Å². The monoisotopic (exact) mass is 367 g/mol. The van der Waals surface area contributed by atoms with Crippen molar-refractivity contribution in [3.63, 3.8) is 0 Å². The predicted molar refractivity (Wildman–Crippen MR) is 110 cm³/mol. The normalized spacial score (nSPS) is 17.0. The molecule has 5 nitrogen and oxygen atoms in total. The van der Waals surface area contributed by atoms with E-state index in [0.29, 0.717) is 23.0 Å². The summed E-state index contributed by atoms with van der Waals surface area (Å²) >= 11 is 0. The second-order valence-corrected chi connectivity index (χ2v) is 7.30. The summed E-state index contributed by atoms with van der Waals surface area (Å²) in [6, 6.07) is 9.98. The lowest BCUT2D eigenvalue weighted by molar-refractivity contribution is 0.102. The van der Waals surface area contributed by atoms with Gasteiger partial charge in [0.1, 0.15) is 5.75 Å². The second-order valence-electron chi connectivity index (χ2n) is 7.30. The van der Waals surface area contributed by atoms with Crippen LogP contribution in [0.15, 0.2) is 42.7 Å². The molecule has 0 saturated carbocycles. The fourth-order valence-electron chi connectivity index (χ4n) is 3.60. The van der Waals surface area contributed by atoms with Crippen molar-refractivity contribution in [2.24, 2.45) is 0 Å². The fourth-order valence-corrected chi connectivity index (χ4v) is 3.60. The highest BCUT2D eigenvalue weighted by atomic mass is 16.5. The summed E-state index contributed by atoms with van der Waals surface area (Å²) < 4.78 is 5.79. The molecular formula is C22H29N3O2. The van der Waals surface area contributed by atoms with E-state index in [9.17, 15) is 4.79 Å². The molecule has 1 aliphatic rings. The molecule has 2 aromatic rings. The molecule has 5 heteroatoms.